The van der Waals surface area contributed by atoms with Crippen LogP contribution in [0.3, 0.4) is 0 Å². The molecule has 0 radical (unpaired) electrons. The first-order chi connectivity index (χ1) is 17.3. The van der Waals surface area contributed by atoms with Crippen LogP contribution in [0.25, 0.3) is 0 Å². The Morgan fingerprint density at radius 1 is 1.14 bits per heavy atom. The Morgan fingerprint density at radius 3 is 2.61 bits per heavy atom. The molecule has 36 heavy (non-hydrogen) atoms. The Kier molecular flexibility index (Phi) is 7.35. The van der Waals surface area contributed by atoms with E-state index >= 15 is 0 Å². The predicted octanol–water partition coefficient (Wildman–Crippen LogP) is 5.15. The van der Waals surface area contributed by atoms with Crippen molar-refractivity contribution in [1.82, 2.24) is 9.21 Å². The minimum absolute atomic E-state index is 0.0724. The fourth-order valence-electron chi connectivity index (χ4n) is 4.44. The maximum absolute atomic E-state index is 14.2. The highest BCUT2D eigenvalue weighted by atomic mass is 35.5. The summed E-state index contributed by atoms with van der Waals surface area (Å²) in [6.07, 6.45) is 2.57. The molecule has 1 saturated carbocycles. The number of rotatable bonds is 9. The van der Waals surface area contributed by atoms with Crippen LogP contribution in [-0.4, -0.2) is 49.8 Å². The minimum Gasteiger partial charge on any atom is -0.488 e. The second kappa shape index (κ2) is 10.5. The van der Waals surface area contributed by atoms with Crippen molar-refractivity contribution < 1.29 is 22.3 Å². The van der Waals surface area contributed by atoms with E-state index in [1.165, 1.54) is 34.6 Å². The summed E-state index contributed by atoms with van der Waals surface area (Å²) in [5.41, 5.74) is 0.963. The molecule has 0 spiro atoms. The summed E-state index contributed by atoms with van der Waals surface area (Å²) in [5, 5.41) is 2.41. The number of ether oxygens (including phenoxy) is 1. The SMILES string of the molecule is O=C(CN(CC1CC1)S(=O)(=O)c1ccc(Cl)cc1)N1CCc2sccc2[C@@H]1COc1ccccc1F. The van der Waals surface area contributed by atoms with E-state index in [2.05, 4.69) is 0 Å². The number of sulfonamides is 1. The molecule has 3 aromatic rings. The van der Waals surface area contributed by atoms with Crippen LogP contribution >= 0.6 is 22.9 Å². The largest absolute Gasteiger partial charge is 0.488 e. The highest BCUT2D eigenvalue weighted by Gasteiger charge is 2.37. The third-order valence-electron chi connectivity index (χ3n) is 6.57. The maximum atomic E-state index is 14.2. The second-order valence-electron chi connectivity index (χ2n) is 9.09. The summed E-state index contributed by atoms with van der Waals surface area (Å²) in [7, 11) is -3.89. The van der Waals surface area contributed by atoms with Crippen molar-refractivity contribution in [3.8, 4) is 5.75 Å². The maximum Gasteiger partial charge on any atom is 0.243 e. The number of nitrogens with zero attached hydrogens (tertiary/aromatic N) is 2. The molecule has 1 amide bonds. The monoisotopic (exact) mass is 548 g/mol. The predicted molar refractivity (Wildman–Crippen MR) is 137 cm³/mol. The lowest BCUT2D eigenvalue weighted by Gasteiger charge is -2.37. The van der Waals surface area contributed by atoms with E-state index in [-0.39, 0.29) is 35.6 Å². The van der Waals surface area contributed by atoms with Crippen LogP contribution in [0.4, 0.5) is 4.39 Å². The summed E-state index contributed by atoms with van der Waals surface area (Å²) in [6.45, 7) is 0.542. The van der Waals surface area contributed by atoms with Gasteiger partial charge in [0.1, 0.15) is 6.61 Å². The van der Waals surface area contributed by atoms with Crippen LogP contribution in [0.15, 0.2) is 64.9 Å². The van der Waals surface area contributed by atoms with Crippen LogP contribution in [0.1, 0.15) is 29.3 Å². The van der Waals surface area contributed by atoms with Gasteiger partial charge in [-0.05, 0) is 78.6 Å². The number of hydrogen-bond donors (Lipinski definition) is 0. The van der Waals surface area contributed by atoms with Crippen LogP contribution in [0.2, 0.25) is 5.02 Å². The zero-order chi connectivity index (χ0) is 25.3. The van der Waals surface area contributed by atoms with Crippen molar-refractivity contribution in [3.05, 3.63) is 81.3 Å². The molecule has 1 aliphatic heterocycles. The first-order valence-electron chi connectivity index (χ1n) is 11.8. The normalized spacial score (nSPS) is 17.8. The van der Waals surface area contributed by atoms with Crippen molar-refractivity contribution in [3.63, 3.8) is 0 Å². The third-order valence-corrected chi connectivity index (χ3v) is 9.64. The van der Waals surface area contributed by atoms with Crippen LogP contribution in [0.5, 0.6) is 5.75 Å². The van der Waals surface area contributed by atoms with Crippen LogP contribution in [-0.2, 0) is 21.2 Å². The Balaban J connectivity index is 1.38. The number of benzene rings is 2. The molecule has 2 aliphatic rings. The molecule has 1 aromatic heterocycles. The van der Waals surface area contributed by atoms with Gasteiger partial charge in [0.15, 0.2) is 11.6 Å². The van der Waals surface area contributed by atoms with Gasteiger partial charge in [0.25, 0.3) is 0 Å². The Morgan fingerprint density at radius 2 is 1.89 bits per heavy atom. The lowest BCUT2D eigenvalue weighted by Crippen LogP contribution is -2.48. The number of amides is 1. The van der Waals surface area contributed by atoms with Gasteiger partial charge >= 0.3 is 0 Å². The Bertz CT molecular complexity index is 1340. The molecule has 190 valence electrons. The third kappa shape index (κ3) is 5.44. The summed E-state index contributed by atoms with van der Waals surface area (Å²) in [6, 6.07) is 13.7. The molecule has 5 rings (SSSR count). The van der Waals surface area contributed by atoms with E-state index in [1.54, 1.807) is 34.4 Å². The fourth-order valence-corrected chi connectivity index (χ4v) is 6.96. The van der Waals surface area contributed by atoms with Gasteiger partial charge in [-0.1, -0.05) is 23.7 Å². The summed E-state index contributed by atoms with van der Waals surface area (Å²) < 4.78 is 48.2. The van der Waals surface area contributed by atoms with E-state index in [0.29, 0.717) is 24.5 Å². The van der Waals surface area contributed by atoms with Crippen molar-refractivity contribution in [1.29, 1.82) is 0 Å². The number of thiophene rings is 1. The topological polar surface area (TPSA) is 66.9 Å². The first-order valence-corrected chi connectivity index (χ1v) is 14.5. The van der Waals surface area contributed by atoms with Gasteiger partial charge in [0.05, 0.1) is 17.5 Å². The van der Waals surface area contributed by atoms with Crippen LogP contribution < -0.4 is 4.74 Å². The zero-order valence-corrected chi connectivity index (χ0v) is 21.9. The van der Waals surface area contributed by atoms with Gasteiger partial charge in [0.2, 0.25) is 15.9 Å². The molecule has 10 heteroatoms. The standard InChI is InChI=1S/C26H26ClFN2O4S2/c27-19-7-9-20(10-8-19)36(32,33)29(15-18-5-6-18)16-26(31)30-13-11-25-21(12-14-35-25)23(30)17-34-24-4-2-1-3-22(24)28/h1-4,7-10,12,14,18,23H,5-6,11,13,15-17H2/t23-/m0/s1. The van der Waals surface area contributed by atoms with Crippen LogP contribution in [0, 0.1) is 11.7 Å². The number of carbonyl (C=O) groups excluding carboxylic acids is 1. The van der Waals surface area contributed by atoms with Gasteiger partial charge in [-0.15, -0.1) is 11.3 Å². The van der Waals surface area contributed by atoms with E-state index in [9.17, 15) is 17.6 Å². The van der Waals surface area contributed by atoms with Gasteiger partial charge in [-0.3, -0.25) is 4.79 Å². The molecule has 0 N–H and O–H groups in total. The molecule has 2 heterocycles. The summed E-state index contributed by atoms with van der Waals surface area (Å²) in [5.74, 6) is -0.397. The van der Waals surface area contributed by atoms with Crippen molar-refractivity contribution in [2.45, 2.75) is 30.2 Å². The van der Waals surface area contributed by atoms with Gasteiger partial charge < -0.3 is 9.64 Å². The van der Waals surface area contributed by atoms with E-state index in [4.69, 9.17) is 16.3 Å². The zero-order valence-electron chi connectivity index (χ0n) is 19.5. The van der Waals surface area contributed by atoms with E-state index in [1.807, 2.05) is 11.4 Å². The molecule has 1 aliphatic carbocycles. The Hall–Kier alpha value is -2.46. The molecule has 0 bridgehead atoms. The summed E-state index contributed by atoms with van der Waals surface area (Å²) >= 11 is 7.57. The summed E-state index contributed by atoms with van der Waals surface area (Å²) in [4.78, 5) is 16.6. The molecule has 0 saturated heterocycles. The van der Waals surface area contributed by atoms with Crippen molar-refractivity contribution in [2.24, 2.45) is 5.92 Å². The fraction of sp³-hybridized carbons (Fsp3) is 0.346. The Labute approximate surface area is 219 Å². The average molecular weight is 549 g/mol. The molecule has 0 unspecified atom stereocenters. The lowest BCUT2D eigenvalue weighted by atomic mass is 10.0. The quantitative estimate of drug-likeness (QED) is 0.371. The number of fused-ring (bicyclic) bond motifs is 1. The van der Waals surface area contributed by atoms with Gasteiger partial charge in [-0.2, -0.15) is 4.31 Å². The second-order valence-corrected chi connectivity index (χ2v) is 12.5. The van der Waals surface area contributed by atoms with E-state index < -0.39 is 21.9 Å². The van der Waals surface area contributed by atoms with Crippen molar-refractivity contribution in [2.75, 3.05) is 26.2 Å². The number of para-hydroxylation sites is 1. The number of carbonyl (C=O) groups is 1. The number of hydrogen-bond acceptors (Lipinski definition) is 5. The number of halogens is 2. The van der Waals surface area contributed by atoms with Crippen molar-refractivity contribution >= 4 is 38.9 Å². The molecular weight excluding hydrogens is 523 g/mol. The smallest absolute Gasteiger partial charge is 0.243 e. The molecule has 2 aromatic carbocycles. The molecule has 1 atom stereocenters. The van der Waals surface area contributed by atoms with E-state index in [0.717, 1.165) is 23.3 Å². The average Bonchev–Trinajstić information content (AvgIpc) is 3.55. The minimum atomic E-state index is -3.89. The lowest BCUT2D eigenvalue weighted by molar-refractivity contribution is -0.135. The molecule has 6 nitrogen and oxygen atoms in total. The van der Waals surface area contributed by atoms with Gasteiger partial charge in [-0.25, -0.2) is 12.8 Å². The highest BCUT2D eigenvalue weighted by molar-refractivity contribution is 7.89. The van der Waals surface area contributed by atoms with Gasteiger partial charge in [0, 0.05) is 23.0 Å². The highest BCUT2D eigenvalue weighted by Crippen LogP contribution is 2.35. The first kappa shape index (κ1) is 25.2. The molecule has 1 fully saturated rings. The molecular formula is C26H26ClFN2O4S2.